The fourth-order valence-corrected chi connectivity index (χ4v) is 3.70. The molecule has 2 amide bonds. The summed E-state index contributed by atoms with van der Waals surface area (Å²) in [5, 5.41) is 0. The average Bonchev–Trinajstić information content (AvgIpc) is 2.75. The summed E-state index contributed by atoms with van der Waals surface area (Å²) in [6.07, 6.45) is 1.40. The number of amides is 2. The zero-order chi connectivity index (χ0) is 21.8. The number of urea groups is 1. The van der Waals surface area contributed by atoms with Crippen molar-refractivity contribution in [2.75, 3.05) is 45.2 Å². The van der Waals surface area contributed by atoms with Gasteiger partial charge >= 0.3 is 6.03 Å². The minimum atomic E-state index is -0.213. The highest BCUT2D eigenvalue weighted by Gasteiger charge is 2.26. The van der Waals surface area contributed by atoms with Gasteiger partial charge in [-0.25, -0.2) is 19.2 Å². The second kappa shape index (κ2) is 9.41. The molecule has 2 heterocycles. The number of benzene rings is 1. The van der Waals surface area contributed by atoms with Gasteiger partial charge in [0.15, 0.2) is 0 Å². The summed E-state index contributed by atoms with van der Waals surface area (Å²) >= 11 is 0. The molecule has 2 aromatic rings. The molecule has 1 atom stereocenters. The Morgan fingerprint density at radius 3 is 2.43 bits per heavy atom. The van der Waals surface area contributed by atoms with E-state index in [1.807, 2.05) is 24.0 Å². The lowest BCUT2D eigenvalue weighted by atomic mass is 10.0. The second-order valence-electron chi connectivity index (χ2n) is 8.20. The highest BCUT2D eigenvalue weighted by molar-refractivity contribution is 5.74. The van der Waals surface area contributed by atoms with Gasteiger partial charge in [-0.2, -0.15) is 0 Å². The minimum Gasteiger partial charge on any atom is -0.353 e. The van der Waals surface area contributed by atoms with E-state index < -0.39 is 0 Å². The molecule has 1 aromatic heterocycles. The lowest BCUT2D eigenvalue weighted by Gasteiger charge is -2.37. The van der Waals surface area contributed by atoms with Gasteiger partial charge in [-0.15, -0.1) is 0 Å². The summed E-state index contributed by atoms with van der Waals surface area (Å²) in [5.74, 6) is 1.74. The molecule has 0 saturated carbocycles. The summed E-state index contributed by atoms with van der Waals surface area (Å²) in [5.41, 5.74) is 2.49. The zero-order valence-corrected chi connectivity index (χ0v) is 18.7. The van der Waals surface area contributed by atoms with Crippen molar-refractivity contribution >= 4 is 11.8 Å². The van der Waals surface area contributed by atoms with Gasteiger partial charge in [-0.3, -0.25) is 0 Å². The quantitative estimate of drug-likeness (QED) is 0.748. The first-order valence-electron chi connectivity index (χ1n) is 10.6. The molecule has 6 nitrogen and oxygen atoms in total. The van der Waals surface area contributed by atoms with Crippen LogP contribution in [0.3, 0.4) is 0 Å². The minimum absolute atomic E-state index is 0.0281. The first-order chi connectivity index (χ1) is 14.3. The van der Waals surface area contributed by atoms with Crippen molar-refractivity contribution in [3.63, 3.8) is 0 Å². The second-order valence-corrected chi connectivity index (χ2v) is 8.20. The monoisotopic (exact) mass is 413 g/mol. The van der Waals surface area contributed by atoms with E-state index in [1.165, 1.54) is 6.07 Å². The Morgan fingerprint density at radius 2 is 1.83 bits per heavy atom. The summed E-state index contributed by atoms with van der Waals surface area (Å²) in [4.78, 5) is 27.7. The summed E-state index contributed by atoms with van der Waals surface area (Å²) in [7, 11) is 3.54. The number of aryl methyl sites for hydroxylation is 1. The predicted octanol–water partition coefficient (Wildman–Crippen LogP) is 3.83. The number of hydrogen-bond donors (Lipinski definition) is 0. The summed E-state index contributed by atoms with van der Waals surface area (Å²) < 4.78 is 14.4. The number of carbonyl (C=O) groups excluding carboxylic acids is 1. The number of anilines is 1. The number of nitrogens with zero attached hydrogens (tertiary/aromatic N) is 5. The van der Waals surface area contributed by atoms with E-state index in [2.05, 4.69) is 18.7 Å². The van der Waals surface area contributed by atoms with Crippen molar-refractivity contribution in [3.8, 4) is 0 Å². The van der Waals surface area contributed by atoms with Gasteiger partial charge in [-0.05, 0) is 25.0 Å². The van der Waals surface area contributed by atoms with Gasteiger partial charge in [0, 0.05) is 63.9 Å². The van der Waals surface area contributed by atoms with Crippen molar-refractivity contribution < 1.29 is 9.18 Å². The molecule has 162 valence electrons. The Bertz CT molecular complexity index is 893. The first kappa shape index (κ1) is 22.0. The third-order valence-corrected chi connectivity index (χ3v) is 5.82. The van der Waals surface area contributed by atoms with Crippen molar-refractivity contribution in [2.24, 2.45) is 0 Å². The molecular weight excluding hydrogens is 381 g/mol. The molecule has 1 saturated heterocycles. The maximum Gasteiger partial charge on any atom is 0.319 e. The standard InChI is InChI=1S/C23H32FN5O/c1-6-16(2)21-25-17(3)19(15-18-9-7-8-10-20(18)24)22(26-21)28-11-13-29(14-12-28)23(30)27(4)5/h7-10,16H,6,11-15H2,1-5H3. The van der Waals surface area contributed by atoms with Gasteiger partial charge in [0.2, 0.25) is 0 Å². The van der Waals surface area contributed by atoms with E-state index in [4.69, 9.17) is 9.97 Å². The van der Waals surface area contributed by atoms with Crippen LogP contribution < -0.4 is 4.90 Å². The molecule has 0 aliphatic carbocycles. The third kappa shape index (κ3) is 4.71. The van der Waals surface area contributed by atoms with Crippen molar-refractivity contribution in [1.29, 1.82) is 0 Å². The molecule has 0 spiro atoms. The Kier molecular flexibility index (Phi) is 6.90. The highest BCUT2D eigenvalue weighted by atomic mass is 19.1. The van der Waals surface area contributed by atoms with Gasteiger partial charge in [0.1, 0.15) is 17.5 Å². The molecule has 30 heavy (non-hydrogen) atoms. The number of carbonyl (C=O) groups is 1. The molecule has 1 aromatic carbocycles. The smallest absolute Gasteiger partial charge is 0.319 e. The fraction of sp³-hybridized carbons (Fsp3) is 0.522. The molecule has 0 N–H and O–H groups in total. The maximum atomic E-state index is 14.4. The van der Waals surface area contributed by atoms with Crippen LogP contribution in [-0.4, -0.2) is 66.1 Å². The van der Waals surface area contributed by atoms with Gasteiger partial charge in [0.25, 0.3) is 0 Å². The number of aromatic nitrogens is 2. The molecule has 7 heteroatoms. The number of hydrogen-bond acceptors (Lipinski definition) is 4. The van der Waals surface area contributed by atoms with E-state index >= 15 is 0 Å². The van der Waals surface area contributed by atoms with Crippen molar-refractivity contribution in [2.45, 2.75) is 39.5 Å². The topological polar surface area (TPSA) is 52.6 Å². The Balaban J connectivity index is 1.94. The molecule has 1 aliphatic heterocycles. The highest BCUT2D eigenvalue weighted by Crippen LogP contribution is 2.28. The van der Waals surface area contributed by atoms with E-state index in [0.717, 1.165) is 29.3 Å². The predicted molar refractivity (Wildman–Crippen MR) is 118 cm³/mol. The largest absolute Gasteiger partial charge is 0.353 e. The van der Waals surface area contributed by atoms with Crippen LogP contribution in [0.15, 0.2) is 24.3 Å². The molecular formula is C23H32FN5O. The SMILES string of the molecule is CCC(C)c1nc(C)c(Cc2ccccc2F)c(N2CCN(C(=O)N(C)C)CC2)n1. The maximum absolute atomic E-state index is 14.4. The third-order valence-electron chi connectivity index (χ3n) is 5.82. The molecule has 0 bridgehead atoms. The van der Waals surface area contributed by atoms with E-state index in [0.29, 0.717) is 38.2 Å². The van der Waals surface area contributed by atoms with Gasteiger partial charge in [0.05, 0.1) is 0 Å². The lowest BCUT2D eigenvalue weighted by molar-refractivity contribution is 0.168. The molecule has 3 rings (SSSR count). The van der Waals surface area contributed by atoms with Crippen LogP contribution >= 0.6 is 0 Å². The van der Waals surface area contributed by atoms with Crippen molar-refractivity contribution in [1.82, 2.24) is 19.8 Å². The number of piperazine rings is 1. The summed E-state index contributed by atoms with van der Waals surface area (Å²) in [6, 6.07) is 6.89. The number of halogens is 1. The van der Waals surface area contributed by atoms with Crippen LogP contribution in [0.25, 0.3) is 0 Å². The Hall–Kier alpha value is -2.70. The lowest BCUT2D eigenvalue weighted by Crippen LogP contribution is -2.52. The van der Waals surface area contributed by atoms with Crippen LogP contribution in [0.2, 0.25) is 0 Å². The van der Waals surface area contributed by atoms with Crippen molar-refractivity contribution in [3.05, 3.63) is 52.7 Å². The number of rotatable bonds is 5. The van der Waals surface area contributed by atoms with Crippen LogP contribution in [0.1, 0.15) is 48.8 Å². The van der Waals surface area contributed by atoms with E-state index in [9.17, 15) is 9.18 Å². The van der Waals surface area contributed by atoms with Crippen LogP contribution in [0, 0.1) is 12.7 Å². The van der Waals surface area contributed by atoms with E-state index in [1.54, 1.807) is 25.1 Å². The molecule has 1 unspecified atom stereocenters. The molecule has 1 fully saturated rings. The fourth-order valence-electron chi connectivity index (χ4n) is 3.70. The normalized spacial score (nSPS) is 15.3. The first-order valence-corrected chi connectivity index (χ1v) is 10.6. The Morgan fingerprint density at radius 1 is 1.17 bits per heavy atom. The van der Waals surface area contributed by atoms with Gasteiger partial charge in [-0.1, -0.05) is 32.0 Å². The average molecular weight is 414 g/mol. The van der Waals surface area contributed by atoms with Crippen LogP contribution in [0.4, 0.5) is 15.0 Å². The van der Waals surface area contributed by atoms with Crippen LogP contribution in [-0.2, 0) is 6.42 Å². The van der Waals surface area contributed by atoms with Gasteiger partial charge < -0.3 is 14.7 Å². The Labute approximate surface area is 178 Å². The van der Waals surface area contributed by atoms with E-state index in [-0.39, 0.29) is 17.8 Å². The zero-order valence-electron chi connectivity index (χ0n) is 18.7. The molecule has 1 aliphatic rings. The molecule has 0 radical (unpaired) electrons. The summed E-state index contributed by atoms with van der Waals surface area (Å²) in [6.45, 7) is 8.90. The van der Waals surface area contributed by atoms with Crippen LogP contribution in [0.5, 0.6) is 0 Å².